The highest BCUT2D eigenvalue weighted by Crippen LogP contribution is 2.37. The summed E-state index contributed by atoms with van der Waals surface area (Å²) >= 11 is 0. The van der Waals surface area contributed by atoms with Crippen molar-refractivity contribution in [2.24, 2.45) is 5.73 Å². The summed E-state index contributed by atoms with van der Waals surface area (Å²) in [6.45, 7) is 3.41. The molecule has 0 spiro atoms. The number of hydrogen-bond donors (Lipinski definition) is 1. The number of hydrogen-bond acceptors (Lipinski definition) is 3. The summed E-state index contributed by atoms with van der Waals surface area (Å²) in [5.41, 5.74) is 5.21. The Hall–Kier alpha value is -1.55. The maximum Gasteiger partial charge on any atom is 0.134 e. The van der Waals surface area contributed by atoms with Crippen molar-refractivity contribution in [2.45, 2.75) is 19.5 Å². The van der Waals surface area contributed by atoms with Gasteiger partial charge in [-0.15, -0.1) is 0 Å². The largest absolute Gasteiger partial charge is 0.496 e. The van der Waals surface area contributed by atoms with Crippen LogP contribution >= 0.6 is 0 Å². The minimum Gasteiger partial charge on any atom is -0.496 e. The van der Waals surface area contributed by atoms with Gasteiger partial charge in [-0.3, -0.25) is 0 Å². The van der Waals surface area contributed by atoms with E-state index in [0.717, 1.165) is 5.56 Å². The smallest absolute Gasteiger partial charge is 0.134 e. The third-order valence-corrected chi connectivity index (χ3v) is 2.63. The van der Waals surface area contributed by atoms with Gasteiger partial charge >= 0.3 is 0 Å². The monoisotopic (exact) mass is 253 g/mol. The zero-order valence-corrected chi connectivity index (χ0v) is 11.3. The number of ether oxygens (including phenoxy) is 2. The SMILES string of the molecule is COc1cc(OC)c(C(C)(C)F)cc1/C=C/CN. The van der Waals surface area contributed by atoms with Crippen LogP contribution in [-0.2, 0) is 5.67 Å². The normalized spacial score (nSPS) is 11.9. The number of halogens is 1. The summed E-state index contributed by atoms with van der Waals surface area (Å²) in [5.74, 6) is 1.11. The Kier molecular flexibility index (Phi) is 4.73. The first-order valence-electron chi connectivity index (χ1n) is 5.76. The summed E-state index contributed by atoms with van der Waals surface area (Å²) in [5, 5.41) is 0. The topological polar surface area (TPSA) is 44.5 Å². The van der Waals surface area contributed by atoms with E-state index in [-0.39, 0.29) is 0 Å². The summed E-state index contributed by atoms with van der Waals surface area (Å²) in [7, 11) is 3.08. The molecule has 0 heterocycles. The molecule has 3 nitrogen and oxygen atoms in total. The Morgan fingerprint density at radius 3 is 2.28 bits per heavy atom. The summed E-state index contributed by atoms with van der Waals surface area (Å²) in [4.78, 5) is 0. The second-order valence-electron chi connectivity index (χ2n) is 4.40. The molecule has 2 N–H and O–H groups in total. The van der Waals surface area contributed by atoms with Gasteiger partial charge in [0, 0.05) is 23.7 Å². The molecule has 0 aliphatic rings. The van der Waals surface area contributed by atoms with Crippen LogP contribution in [0.2, 0.25) is 0 Å². The molecule has 0 radical (unpaired) electrons. The third-order valence-electron chi connectivity index (χ3n) is 2.63. The Labute approximate surface area is 107 Å². The maximum absolute atomic E-state index is 14.1. The quantitative estimate of drug-likeness (QED) is 0.877. The molecular weight excluding hydrogens is 233 g/mol. The molecule has 0 amide bonds. The highest BCUT2D eigenvalue weighted by molar-refractivity contribution is 5.62. The van der Waals surface area contributed by atoms with Gasteiger partial charge in [-0.2, -0.15) is 0 Å². The van der Waals surface area contributed by atoms with Gasteiger partial charge in [0.25, 0.3) is 0 Å². The van der Waals surface area contributed by atoms with Gasteiger partial charge in [-0.1, -0.05) is 12.2 Å². The van der Waals surface area contributed by atoms with Crippen LogP contribution in [0.5, 0.6) is 11.5 Å². The van der Waals surface area contributed by atoms with Crippen molar-refractivity contribution in [3.63, 3.8) is 0 Å². The van der Waals surface area contributed by atoms with Crippen LogP contribution in [0.15, 0.2) is 18.2 Å². The van der Waals surface area contributed by atoms with E-state index in [9.17, 15) is 4.39 Å². The molecule has 100 valence electrons. The fourth-order valence-electron chi connectivity index (χ4n) is 1.71. The van der Waals surface area contributed by atoms with Crippen molar-refractivity contribution in [3.8, 4) is 11.5 Å². The molecular formula is C14H20FNO2. The molecule has 0 fully saturated rings. The zero-order valence-electron chi connectivity index (χ0n) is 11.3. The predicted octanol–water partition coefficient (Wildman–Crippen LogP) is 2.88. The lowest BCUT2D eigenvalue weighted by molar-refractivity contribution is 0.213. The molecule has 18 heavy (non-hydrogen) atoms. The van der Waals surface area contributed by atoms with E-state index in [2.05, 4.69) is 0 Å². The molecule has 0 aliphatic heterocycles. The summed E-state index contributed by atoms with van der Waals surface area (Å²) in [6, 6.07) is 3.41. The van der Waals surface area contributed by atoms with Gasteiger partial charge in [-0.05, 0) is 19.9 Å². The van der Waals surface area contributed by atoms with Crippen molar-refractivity contribution in [1.29, 1.82) is 0 Å². The minimum absolute atomic E-state index is 0.420. The van der Waals surface area contributed by atoms with Crippen molar-refractivity contribution in [2.75, 3.05) is 20.8 Å². The molecule has 0 unspecified atom stereocenters. The molecule has 1 aromatic carbocycles. The van der Waals surface area contributed by atoms with Gasteiger partial charge in [-0.25, -0.2) is 4.39 Å². The minimum atomic E-state index is -1.48. The first-order chi connectivity index (χ1) is 8.43. The number of methoxy groups -OCH3 is 2. The fourth-order valence-corrected chi connectivity index (χ4v) is 1.71. The van der Waals surface area contributed by atoms with Crippen LogP contribution in [0, 0.1) is 0 Å². The van der Waals surface area contributed by atoms with Gasteiger partial charge in [0.2, 0.25) is 0 Å². The number of rotatable bonds is 5. The van der Waals surface area contributed by atoms with E-state index in [1.165, 1.54) is 21.0 Å². The molecule has 1 rings (SSSR count). The van der Waals surface area contributed by atoms with Crippen LogP contribution < -0.4 is 15.2 Å². The third kappa shape index (κ3) is 3.23. The Bertz CT molecular complexity index is 436. The number of alkyl halides is 1. The standard InChI is InChI=1S/C14H20FNO2/c1-14(2,15)11-8-10(6-5-7-16)12(17-3)9-13(11)18-4/h5-6,8-9H,7,16H2,1-4H3/b6-5+. The van der Waals surface area contributed by atoms with Crippen LogP contribution in [0.4, 0.5) is 4.39 Å². The molecule has 4 heteroatoms. The van der Waals surface area contributed by atoms with Gasteiger partial charge in [0.05, 0.1) is 14.2 Å². The van der Waals surface area contributed by atoms with Crippen molar-refractivity contribution in [1.82, 2.24) is 0 Å². The predicted molar refractivity (Wildman–Crippen MR) is 71.8 cm³/mol. The Morgan fingerprint density at radius 2 is 1.83 bits per heavy atom. The second-order valence-corrected chi connectivity index (χ2v) is 4.40. The van der Waals surface area contributed by atoms with Gasteiger partial charge in [0.15, 0.2) is 0 Å². The van der Waals surface area contributed by atoms with Crippen LogP contribution in [0.25, 0.3) is 6.08 Å². The van der Waals surface area contributed by atoms with Gasteiger partial charge in [0.1, 0.15) is 17.2 Å². The van der Waals surface area contributed by atoms with Crippen molar-refractivity contribution < 1.29 is 13.9 Å². The van der Waals surface area contributed by atoms with Crippen molar-refractivity contribution >= 4 is 6.08 Å². The van der Waals surface area contributed by atoms with Crippen LogP contribution in [0.1, 0.15) is 25.0 Å². The van der Waals surface area contributed by atoms with Crippen LogP contribution in [-0.4, -0.2) is 20.8 Å². The lowest BCUT2D eigenvalue weighted by Gasteiger charge is -2.20. The highest BCUT2D eigenvalue weighted by Gasteiger charge is 2.25. The first kappa shape index (κ1) is 14.5. The van der Waals surface area contributed by atoms with E-state index in [0.29, 0.717) is 23.6 Å². The Morgan fingerprint density at radius 1 is 1.22 bits per heavy atom. The average Bonchev–Trinajstić information content (AvgIpc) is 2.34. The first-order valence-corrected chi connectivity index (χ1v) is 5.76. The maximum atomic E-state index is 14.1. The molecule has 0 aliphatic carbocycles. The van der Waals surface area contributed by atoms with Crippen molar-refractivity contribution in [3.05, 3.63) is 29.3 Å². The fraction of sp³-hybridized carbons (Fsp3) is 0.429. The molecule has 1 aromatic rings. The molecule has 0 aromatic heterocycles. The van der Waals surface area contributed by atoms with E-state index in [1.54, 1.807) is 25.3 Å². The van der Waals surface area contributed by atoms with E-state index < -0.39 is 5.67 Å². The van der Waals surface area contributed by atoms with E-state index in [4.69, 9.17) is 15.2 Å². The molecule has 0 saturated carbocycles. The highest BCUT2D eigenvalue weighted by atomic mass is 19.1. The number of nitrogens with two attached hydrogens (primary N) is 1. The van der Waals surface area contributed by atoms with E-state index >= 15 is 0 Å². The zero-order chi connectivity index (χ0) is 13.8. The Balaban J connectivity index is 3.39. The second kappa shape index (κ2) is 5.87. The summed E-state index contributed by atoms with van der Waals surface area (Å²) < 4.78 is 24.6. The number of benzene rings is 1. The van der Waals surface area contributed by atoms with E-state index in [1.807, 2.05) is 6.08 Å². The summed E-state index contributed by atoms with van der Waals surface area (Å²) in [6.07, 6.45) is 3.60. The average molecular weight is 253 g/mol. The lowest BCUT2D eigenvalue weighted by atomic mass is 9.96. The molecule has 0 saturated heterocycles. The molecule has 0 atom stereocenters. The van der Waals surface area contributed by atoms with Crippen LogP contribution in [0.3, 0.4) is 0 Å². The lowest BCUT2D eigenvalue weighted by Crippen LogP contribution is -2.11. The molecule has 0 bridgehead atoms. The van der Waals surface area contributed by atoms with Gasteiger partial charge < -0.3 is 15.2 Å².